The topological polar surface area (TPSA) is 63.3 Å². The van der Waals surface area contributed by atoms with Gasteiger partial charge in [0.2, 0.25) is 0 Å². The molecule has 0 saturated carbocycles. The fourth-order valence-corrected chi connectivity index (χ4v) is 2.31. The summed E-state index contributed by atoms with van der Waals surface area (Å²) in [5.74, 6) is -1.15. The van der Waals surface area contributed by atoms with Crippen molar-refractivity contribution in [1.29, 1.82) is 0 Å². The Labute approximate surface area is 123 Å². The van der Waals surface area contributed by atoms with Crippen LogP contribution < -0.4 is 5.73 Å². The summed E-state index contributed by atoms with van der Waals surface area (Å²) in [6.45, 7) is 2.61. The number of halogens is 1. The molecule has 2 aromatic carbocycles. The predicted octanol–water partition coefficient (Wildman–Crippen LogP) is 3.64. The first-order valence-corrected chi connectivity index (χ1v) is 6.86. The van der Waals surface area contributed by atoms with E-state index >= 15 is 0 Å². The molecule has 1 atom stereocenters. The number of carboxylic acid groups (broad SMARTS) is 1. The van der Waals surface area contributed by atoms with E-state index in [9.17, 15) is 9.18 Å². The van der Waals surface area contributed by atoms with Gasteiger partial charge in [-0.15, -0.1) is 0 Å². The molecule has 0 aliphatic rings. The minimum atomic E-state index is -1.02. The zero-order chi connectivity index (χ0) is 15.4. The van der Waals surface area contributed by atoms with Crippen LogP contribution in [0.2, 0.25) is 0 Å². The van der Waals surface area contributed by atoms with Crippen LogP contribution in [0.1, 0.15) is 35.2 Å². The van der Waals surface area contributed by atoms with Crippen molar-refractivity contribution in [3.63, 3.8) is 0 Å². The van der Waals surface area contributed by atoms with E-state index in [1.165, 1.54) is 18.2 Å². The highest BCUT2D eigenvalue weighted by Gasteiger charge is 2.12. The van der Waals surface area contributed by atoms with Crippen LogP contribution in [0.3, 0.4) is 0 Å². The van der Waals surface area contributed by atoms with Crippen LogP contribution in [0.4, 0.5) is 4.39 Å². The zero-order valence-corrected chi connectivity index (χ0v) is 11.8. The molecule has 110 valence electrons. The fourth-order valence-electron chi connectivity index (χ4n) is 2.31. The second kappa shape index (κ2) is 6.50. The number of hydrogen-bond donors (Lipinski definition) is 2. The van der Waals surface area contributed by atoms with E-state index in [2.05, 4.69) is 0 Å². The number of benzene rings is 2. The average Bonchev–Trinajstić information content (AvgIpc) is 2.48. The molecular weight excluding hydrogens is 269 g/mol. The van der Waals surface area contributed by atoms with Gasteiger partial charge in [0.05, 0.1) is 5.56 Å². The van der Waals surface area contributed by atoms with E-state index in [-0.39, 0.29) is 17.3 Å². The molecular formula is C17H18FNO2. The van der Waals surface area contributed by atoms with Crippen molar-refractivity contribution >= 4 is 5.97 Å². The summed E-state index contributed by atoms with van der Waals surface area (Å²) in [5.41, 5.74) is 7.68. The lowest BCUT2D eigenvalue weighted by Crippen LogP contribution is -2.05. The van der Waals surface area contributed by atoms with E-state index in [1.807, 2.05) is 6.92 Å². The molecule has 0 fully saturated rings. The molecule has 0 bridgehead atoms. The van der Waals surface area contributed by atoms with E-state index in [0.717, 1.165) is 12.0 Å². The first-order valence-electron chi connectivity index (χ1n) is 6.86. The van der Waals surface area contributed by atoms with Crippen molar-refractivity contribution in [3.8, 4) is 11.1 Å². The molecule has 0 aliphatic carbocycles. The Hall–Kier alpha value is -2.20. The summed E-state index contributed by atoms with van der Waals surface area (Å²) in [6.07, 6.45) is 0.820. The maximum absolute atomic E-state index is 14.1. The maximum Gasteiger partial charge on any atom is 0.335 e. The van der Waals surface area contributed by atoms with Gasteiger partial charge in [0.1, 0.15) is 5.82 Å². The van der Waals surface area contributed by atoms with Crippen molar-refractivity contribution in [3.05, 3.63) is 59.4 Å². The number of hydrogen-bond acceptors (Lipinski definition) is 2. The number of rotatable bonds is 5. The molecule has 4 heteroatoms. The van der Waals surface area contributed by atoms with Gasteiger partial charge >= 0.3 is 5.97 Å². The highest BCUT2D eigenvalue weighted by molar-refractivity contribution is 5.89. The second-order valence-electron chi connectivity index (χ2n) is 5.10. The lowest BCUT2D eigenvalue weighted by atomic mass is 9.93. The molecule has 21 heavy (non-hydrogen) atoms. The van der Waals surface area contributed by atoms with E-state index < -0.39 is 5.97 Å². The molecule has 0 aromatic heterocycles. The molecule has 0 radical (unpaired) electrons. The zero-order valence-electron chi connectivity index (χ0n) is 11.8. The Morgan fingerprint density at radius 1 is 1.29 bits per heavy atom. The van der Waals surface area contributed by atoms with Gasteiger partial charge in [0.15, 0.2) is 0 Å². The monoisotopic (exact) mass is 287 g/mol. The largest absolute Gasteiger partial charge is 0.478 e. The summed E-state index contributed by atoms with van der Waals surface area (Å²) in [7, 11) is 0. The van der Waals surface area contributed by atoms with Crippen LogP contribution in [-0.2, 0) is 0 Å². The Kier molecular flexibility index (Phi) is 4.70. The van der Waals surface area contributed by atoms with Gasteiger partial charge < -0.3 is 10.8 Å². The summed E-state index contributed by atoms with van der Waals surface area (Å²) >= 11 is 0. The lowest BCUT2D eigenvalue weighted by Gasteiger charge is -2.13. The Balaban J connectivity index is 2.45. The third kappa shape index (κ3) is 3.47. The molecule has 1 unspecified atom stereocenters. The lowest BCUT2D eigenvalue weighted by molar-refractivity contribution is 0.0697. The molecule has 0 saturated heterocycles. The van der Waals surface area contributed by atoms with Crippen LogP contribution in [0.15, 0.2) is 42.5 Å². The molecule has 0 spiro atoms. The van der Waals surface area contributed by atoms with Gasteiger partial charge in [-0.3, -0.25) is 0 Å². The molecule has 0 amide bonds. The SMILES string of the molecule is CC(CCN)c1ccc(F)c(-c2cccc(C(=O)O)c2)c1. The van der Waals surface area contributed by atoms with Crippen molar-refractivity contribution in [2.45, 2.75) is 19.3 Å². The van der Waals surface area contributed by atoms with Crippen LogP contribution in [0, 0.1) is 5.82 Å². The summed E-state index contributed by atoms with van der Waals surface area (Å²) < 4.78 is 14.1. The summed E-state index contributed by atoms with van der Waals surface area (Å²) in [6, 6.07) is 11.3. The molecule has 0 heterocycles. The van der Waals surface area contributed by atoms with Crippen LogP contribution >= 0.6 is 0 Å². The number of nitrogens with two attached hydrogens (primary N) is 1. The molecule has 2 aromatic rings. The van der Waals surface area contributed by atoms with Gasteiger partial charge in [-0.05, 0) is 54.3 Å². The van der Waals surface area contributed by atoms with Crippen LogP contribution in [0.25, 0.3) is 11.1 Å². The predicted molar refractivity (Wildman–Crippen MR) is 80.9 cm³/mol. The van der Waals surface area contributed by atoms with Crippen molar-refractivity contribution in [2.24, 2.45) is 5.73 Å². The van der Waals surface area contributed by atoms with Crippen LogP contribution in [0.5, 0.6) is 0 Å². The molecule has 2 rings (SSSR count). The second-order valence-corrected chi connectivity index (χ2v) is 5.10. The molecule has 3 nitrogen and oxygen atoms in total. The first-order chi connectivity index (χ1) is 10.0. The Morgan fingerprint density at radius 3 is 2.71 bits per heavy atom. The summed E-state index contributed by atoms with van der Waals surface area (Å²) in [5, 5.41) is 9.03. The normalized spacial score (nSPS) is 12.1. The average molecular weight is 287 g/mol. The van der Waals surface area contributed by atoms with Crippen molar-refractivity contribution in [2.75, 3.05) is 6.54 Å². The van der Waals surface area contributed by atoms with Crippen molar-refractivity contribution < 1.29 is 14.3 Å². The van der Waals surface area contributed by atoms with E-state index in [0.29, 0.717) is 17.7 Å². The first kappa shape index (κ1) is 15.2. The molecule has 3 N–H and O–H groups in total. The highest BCUT2D eigenvalue weighted by Crippen LogP contribution is 2.28. The standard InChI is InChI=1S/C17H18FNO2/c1-11(7-8-19)12-5-6-16(18)15(10-12)13-3-2-4-14(9-13)17(20)21/h2-6,9-11H,7-8,19H2,1H3,(H,20,21). The summed E-state index contributed by atoms with van der Waals surface area (Å²) in [4.78, 5) is 11.0. The third-order valence-electron chi connectivity index (χ3n) is 3.58. The quantitative estimate of drug-likeness (QED) is 0.882. The maximum atomic E-state index is 14.1. The van der Waals surface area contributed by atoms with E-state index in [4.69, 9.17) is 10.8 Å². The third-order valence-corrected chi connectivity index (χ3v) is 3.58. The molecule has 0 aliphatic heterocycles. The van der Waals surface area contributed by atoms with Gasteiger partial charge in [-0.1, -0.05) is 25.1 Å². The van der Waals surface area contributed by atoms with Gasteiger partial charge in [0, 0.05) is 5.56 Å². The van der Waals surface area contributed by atoms with Gasteiger partial charge in [-0.2, -0.15) is 0 Å². The Morgan fingerprint density at radius 2 is 2.05 bits per heavy atom. The number of carboxylic acids is 1. The highest BCUT2D eigenvalue weighted by atomic mass is 19.1. The number of aromatic carboxylic acids is 1. The Bertz CT molecular complexity index is 655. The fraction of sp³-hybridized carbons (Fsp3) is 0.235. The van der Waals surface area contributed by atoms with Crippen molar-refractivity contribution in [1.82, 2.24) is 0 Å². The van der Waals surface area contributed by atoms with E-state index in [1.54, 1.807) is 24.3 Å². The van der Waals surface area contributed by atoms with Gasteiger partial charge in [-0.25, -0.2) is 9.18 Å². The number of carbonyl (C=O) groups is 1. The van der Waals surface area contributed by atoms with Gasteiger partial charge in [0.25, 0.3) is 0 Å². The minimum absolute atomic E-state index is 0.146. The van der Waals surface area contributed by atoms with Crippen LogP contribution in [-0.4, -0.2) is 17.6 Å². The minimum Gasteiger partial charge on any atom is -0.478 e. The smallest absolute Gasteiger partial charge is 0.335 e.